The smallest absolute Gasteiger partial charge is 0.240 e. The number of nitrogens with zero attached hydrogens (tertiary/aromatic N) is 1. The molecule has 0 fully saturated rings. The van der Waals surface area contributed by atoms with Crippen LogP contribution in [0, 0.1) is 0 Å². The molecule has 0 saturated heterocycles. The van der Waals surface area contributed by atoms with E-state index in [-0.39, 0.29) is 4.90 Å². The zero-order valence-corrected chi connectivity index (χ0v) is 12.4. The van der Waals surface area contributed by atoms with E-state index in [1.54, 1.807) is 18.2 Å². The molecular formula is C14H19N3O2S. The van der Waals surface area contributed by atoms with Crippen LogP contribution in [0.1, 0.15) is 12.6 Å². The molecule has 0 unspecified atom stereocenters. The number of benzene rings is 1. The Labute approximate surface area is 119 Å². The molecule has 5 nitrogen and oxygen atoms in total. The molecule has 1 aromatic carbocycles. The second-order valence-electron chi connectivity index (χ2n) is 4.37. The monoisotopic (exact) mass is 293 g/mol. The van der Waals surface area contributed by atoms with E-state index in [0.717, 1.165) is 17.9 Å². The highest BCUT2D eigenvalue weighted by molar-refractivity contribution is 7.89. The summed E-state index contributed by atoms with van der Waals surface area (Å²) in [6, 6.07) is 10.8. The molecule has 6 heteroatoms. The van der Waals surface area contributed by atoms with Gasteiger partial charge in [0.1, 0.15) is 0 Å². The van der Waals surface area contributed by atoms with Gasteiger partial charge in [-0.1, -0.05) is 6.07 Å². The van der Waals surface area contributed by atoms with E-state index >= 15 is 0 Å². The second kappa shape index (κ2) is 6.11. The van der Waals surface area contributed by atoms with E-state index in [9.17, 15) is 8.42 Å². The minimum Gasteiger partial charge on any atom is -0.379 e. The first-order chi connectivity index (χ1) is 9.56. The van der Waals surface area contributed by atoms with Crippen LogP contribution in [-0.4, -0.2) is 20.0 Å². The van der Waals surface area contributed by atoms with Crippen molar-refractivity contribution in [3.05, 3.63) is 48.3 Å². The molecule has 0 atom stereocenters. The van der Waals surface area contributed by atoms with Gasteiger partial charge in [0.05, 0.1) is 11.4 Å². The predicted octanol–water partition coefficient (Wildman–Crippen LogP) is 2.03. The van der Waals surface area contributed by atoms with Gasteiger partial charge in [0, 0.05) is 24.1 Å². The van der Waals surface area contributed by atoms with Crippen LogP contribution in [0.15, 0.2) is 47.5 Å². The molecule has 0 bridgehead atoms. The first kappa shape index (κ1) is 14.6. The lowest BCUT2D eigenvalue weighted by Gasteiger charge is -2.10. The zero-order chi connectivity index (χ0) is 14.6. The Bertz CT molecular complexity index is 677. The standard InChI is InChI=1S/C14H19N3O2S/c1-3-17-9-5-7-13(17)11-16-12-6-4-8-14(10-12)20(18,19)15-2/h4-10,15-16H,3,11H2,1-2H3. The first-order valence-electron chi connectivity index (χ1n) is 6.48. The average Bonchev–Trinajstić information content (AvgIpc) is 2.93. The lowest BCUT2D eigenvalue weighted by atomic mass is 10.3. The minimum absolute atomic E-state index is 0.260. The zero-order valence-electron chi connectivity index (χ0n) is 11.6. The van der Waals surface area contributed by atoms with Gasteiger partial charge in [-0.2, -0.15) is 0 Å². The highest BCUT2D eigenvalue weighted by Crippen LogP contribution is 2.16. The lowest BCUT2D eigenvalue weighted by Crippen LogP contribution is -2.18. The summed E-state index contributed by atoms with van der Waals surface area (Å²) in [5.41, 5.74) is 1.94. The Kier molecular flexibility index (Phi) is 4.46. The summed E-state index contributed by atoms with van der Waals surface area (Å²) in [6.07, 6.45) is 2.03. The largest absolute Gasteiger partial charge is 0.379 e. The van der Waals surface area contributed by atoms with E-state index < -0.39 is 10.0 Å². The number of rotatable bonds is 6. The van der Waals surface area contributed by atoms with Crippen LogP contribution in [0.25, 0.3) is 0 Å². The van der Waals surface area contributed by atoms with Crippen molar-refractivity contribution >= 4 is 15.7 Å². The van der Waals surface area contributed by atoms with Gasteiger partial charge in [-0.05, 0) is 44.3 Å². The fourth-order valence-electron chi connectivity index (χ4n) is 2.00. The molecule has 0 spiro atoms. The van der Waals surface area contributed by atoms with Gasteiger partial charge in [0.25, 0.3) is 0 Å². The van der Waals surface area contributed by atoms with Crippen LogP contribution in [-0.2, 0) is 23.1 Å². The van der Waals surface area contributed by atoms with E-state index in [0.29, 0.717) is 6.54 Å². The average molecular weight is 293 g/mol. The molecule has 0 saturated carbocycles. The van der Waals surface area contributed by atoms with Gasteiger partial charge in [0.15, 0.2) is 0 Å². The third kappa shape index (κ3) is 3.20. The fourth-order valence-corrected chi connectivity index (χ4v) is 2.78. The van der Waals surface area contributed by atoms with Crippen LogP contribution in [0.2, 0.25) is 0 Å². The van der Waals surface area contributed by atoms with Crippen molar-refractivity contribution in [2.45, 2.75) is 24.9 Å². The summed E-state index contributed by atoms with van der Waals surface area (Å²) in [5, 5.41) is 3.25. The molecule has 20 heavy (non-hydrogen) atoms. The van der Waals surface area contributed by atoms with E-state index in [4.69, 9.17) is 0 Å². The third-order valence-electron chi connectivity index (χ3n) is 3.15. The Morgan fingerprint density at radius 2 is 2.00 bits per heavy atom. The summed E-state index contributed by atoms with van der Waals surface area (Å²) in [6.45, 7) is 3.66. The van der Waals surface area contributed by atoms with Crippen molar-refractivity contribution < 1.29 is 8.42 Å². The van der Waals surface area contributed by atoms with Crippen LogP contribution < -0.4 is 10.0 Å². The molecule has 1 heterocycles. The van der Waals surface area contributed by atoms with Crippen molar-refractivity contribution in [2.75, 3.05) is 12.4 Å². The number of hydrogen-bond acceptors (Lipinski definition) is 3. The normalized spacial score (nSPS) is 11.5. The van der Waals surface area contributed by atoms with E-state index in [2.05, 4.69) is 21.5 Å². The van der Waals surface area contributed by atoms with Gasteiger partial charge in [0.2, 0.25) is 10.0 Å². The molecule has 0 aliphatic rings. The number of sulfonamides is 1. The molecule has 0 radical (unpaired) electrons. The summed E-state index contributed by atoms with van der Waals surface area (Å²) in [4.78, 5) is 0.260. The van der Waals surface area contributed by atoms with Crippen LogP contribution in [0.5, 0.6) is 0 Å². The number of aryl methyl sites for hydroxylation is 1. The van der Waals surface area contributed by atoms with Crippen molar-refractivity contribution in [1.29, 1.82) is 0 Å². The maximum Gasteiger partial charge on any atom is 0.240 e. The molecule has 2 aromatic rings. The third-order valence-corrected chi connectivity index (χ3v) is 4.56. The molecule has 0 amide bonds. The molecule has 108 valence electrons. The number of hydrogen-bond donors (Lipinski definition) is 2. The second-order valence-corrected chi connectivity index (χ2v) is 6.26. The highest BCUT2D eigenvalue weighted by Gasteiger charge is 2.11. The first-order valence-corrected chi connectivity index (χ1v) is 7.96. The van der Waals surface area contributed by atoms with Crippen molar-refractivity contribution in [3.8, 4) is 0 Å². The predicted molar refractivity (Wildman–Crippen MR) is 80.1 cm³/mol. The van der Waals surface area contributed by atoms with Gasteiger partial charge in [-0.25, -0.2) is 13.1 Å². The van der Waals surface area contributed by atoms with Crippen molar-refractivity contribution in [3.63, 3.8) is 0 Å². The molecule has 0 aliphatic carbocycles. The van der Waals surface area contributed by atoms with Crippen LogP contribution >= 0.6 is 0 Å². The SMILES string of the molecule is CCn1cccc1CNc1cccc(S(=O)(=O)NC)c1. The molecule has 2 N–H and O–H groups in total. The molecule has 2 rings (SSSR count). The summed E-state index contributed by atoms with van der Waals surface area (Å²) in [5.74, 6) is 0. The number of aromatic nitrogens is 1. The van der Waals surface area contributed by atoms with Gasteiger partial charge >= 0.3 is 0 Å². The Morgan fingerprint density at radius 3 is 2.70 bits per heavy atom. The maximum atomic E-state index is 11.7. The summed E-state index contributed by atoms with van der Waals surface area (Å²) >= 11 is 0. The maximum absolute atomic E-state index is 11.7. The fraction of sp³-hybridized carbons (Fsp3) is 0.286. The van der Waals surface area contributed by atoms with E-state index in [1.165, 1.54) is 7.05 Å². The van der Waals surface area contributed by atoms with Gasteiger partial charge < -0.3 is 9.88 Å². The quantitative estimate of drug-likeness (QED) is 0.856. The topological polar surface area (TPSA) is 63.1 Å². The molecule has 0 aliphatic heterocycles. The van der Waals surface area contributed by atoms with Crippen molar-refractivity contribution in [1.82, 2.24) is 9.29 Å². The Morgan fingerprint density at radius 1 is 1.20 bits per heavy atom. The van der Waals surface area contributed by atoms with Gasteiger partial charge in [-0.15, -0.1) is 0 Å². The molecule has 1 aromatic heterocycles. The molecular weight excluding hydrogens is 274 g/mol. The lowest BCUT2D eigenvalue weighted by molar-refractivity contribution is 0.588. The minimum atomic E-state index is -3.40. The summed E-state index contributed by atoms with van der Waals surface area (Å²) < 4.78 is 27.9. The van der Waals surface area contributed by atoms with E-state index in [1.807, 2.05) is 24.4 Å². The Hall–Kier alpha value is -1.79. The number of nitrogens with one attached hydrogen (secondary N) is 2. The Balaban J connectivity index is 2.13. The van der Waals surface area contributed by atoms with Gasteiger partial charge in [-0.3, -0.25) is 0 Å². The van der Waals surface area contributed by atoms with Crippen LogP contribution in [0.3, 0.4) is 0 Å². The summed E-state index contributed by atoms with van der Waals surface area (Å²) in [7, 11) is -1.99. The van der Waals surface area contributed by atoms with Crippen molar-refractivity contribution in [2.24, 2.45) is 0 Å². The highest BCUT2D eigenvalue weighted by atomic mass is 32.2. The number of anilines is 1. The van der Waals surface area contributed by atoms with Crippen LogP contribution in [0.4, 0.5) is 5.69 Å².